The number of nitrogens with zero attached hydrogens (tertiary/aromatic N) is 1. The summed E-state index contributed by atoms with van der Waals surface area (Å²) >= 11 is 0. The maximum Gasteiger partial charge on any atom is 0.268 e. The number of aliphatic hydroxyl groups excluding tert-OH is 1. The first-order valence-corrected chi connectivity index (χ1v) is 25.9. The second kappa shape index (κ2) is 43.0. The minimum Gasteiger partial charge on any atom is -0.756 e. The number of hydrogen-bond donors (Lipinski definition) is 2. The SMILES string of the molecule is CC/C=C\C/C=C\C/C=C\C/C=C\C/C=C\CCCCCCCCCC(=O)NC(COP(=O)([O-])OCC[N+](C)(C)C)C(O)/C=C/CC/C=C/CCCCCCCCCCCC. The molecule has 8 nitrogen and oxygen atoms in total. The zero-order chi connectivity index (χ0) is 45.0. The van der Waals surface area contributed by atoms with Gasteiger partial charge in [0, 0.05) is 6.42 Å². The van der Waals surface area contributed by atoms with Crippen LogP contribution in [0.5, 0.6) is 0 Å². The molecular weight excluding hydrogens is 780 g/mol. The summed E-state index contributed by atoms with van der Waals surface area (Å²) in [6.45, 7) is 4.49. The average Bonchev–Trinajstić information content (AvgIpc) is 3.21. The maximum absolute atomic E-state index is 12.9. The van der Waals surface area contributed by atoms with Gasteiger partial charge in [0.15, 0.2) is 0 Å². The first-order valence-electron chi connectivity index (χ1n) is 24.4. The van der Waals surface area contributed by atoms with Crippen molar-refractivity contribution in [1.29, 1.82) is 0 Å². The van der Waals surface area contributed by atoms with Crippen LogP contribution >= 0.6 is 7.82 Å². The lowest BCUT2D eigenvalue weighted by molar-refractivity contribution is -0.870. The van der Waals surface area contributed by atoms with Gasteiger partial charge in [-0.1, -0.05) is 189 Å². The van der Waals surface area contributed by atoms with Gasteiger partial charge in [-0.25, -0.2) is 0 Å². The van der Waals surface area contributed by atoms with E-state index in [1.807, 2.05) is 27.2 Å². The number of phosphoric acid groups is 1. The predicted molar refractivity (Wildman–Crippen MR) is 260 cm³/mol. The molecule has 0 spiro atoms. The van der Waals surface area contributed by atoms with E-state index in [2.05, 4.69) is 92.1 Å². The lowest BCUT2D eigenvalue weighted by Gasteiger charge is -2.29. The molecule has 3 unspecified atom stereocenters. The number of quaternary nitrogens is 1. The number of nitrogens with one attached hydrogen (secondary N) is 1. The second-order valence-electron chi connectivity index (χ2n) is 17.4. The lowest BCUT2D eigenvalue weighted by atomic mass is 10.1. The number of carbonyl (C=O) groups excluding carboxylic acids is 1. The summed E-state index contributed by atoms with van der Waals surface area (Å²) in [6, 6.07) is -0.914. The number of carbonyl (C=O) groups is 1. The minimum atomic E-state index is -4.61. The summed E-state index contributed by atoms with van der Waals surface area (Å²) in [5.41, 5.74) is 0. The predicted octanol–water partition coefficient (Wildman–Crippen LogP) is 13.5. The molecule has 0 rings (SSSR count). The Balaban J connectivity index is 4.42. The van der Waals surface area contributed by atoms with Gasteiger partial charge in [-0.2, -0.15) is 0 Å². The van der Waals surface area contributed by atoms with Crippen molar-refractivity contribution in [3.8, 4) is 0 Å². The van der Waals surface area contributed by atoms with Gasteiger partial charge in [0.1, 0.15) is 13.2 Å². The lowest BCUT2D eigenvalue weighted by Crippen LogP contribution is -2.45. The first-order chi connectivity index (χ1) is 29.5. The number of amides is 1. The van der Waals surface area contributed by atoms with Gasteiger partial charge in [-0.3, -0.25) is 9.36 Å². The van der Waals surface area contributed by atoms with Gasteiger partial charge in [0.25, 0.3) is 7.82 Å². The number of phosphoric ester groups is 1. The summed E-state index contributed by atoms with van der Waals surface area (Å²) in [6.07, 6.45) is 59.2. The van der Waals surface area contributed by atoms with Gasteiger partial charge >= 0.3 is 0 Å². The molecule has 61 heavy (non-hydrogen) atoms. The van der Waals surface area contributed by atoms with Crippen molar-refractivity contribution in [2.45, 2.75) is 199 Å². The molecule has 0 aromatic rings. The molecule has 0 aromatic carbocycles. The van der Waals surface area contributed by atoms with Crippen molar-refractivity contribution in [1.82, 2.24) is 5.32 Å². The molecule has 0 aliphatic heterocycles. The Morgan fingerprint density at radius 3 is 1.52 bits per heavy atom. The van der Waals surface area contributed by atoms with Crippen LogP contribution in [0, 0.1) is 0 Å². The standard InChI is InChI=1S/C52H93N2O6P/c1-6-8-10-12-14-16-18-20-22-24-25-26-27-28-29-30-32-34-36-38-40-42-44-46-52(56)53-50(49-60-61(57,58)59-48-47-54(3,4)5)51(55)45-43-41-39-37-35-33-31-23-21-19-17-15-13-11-9-7-2/h8,10,14,16,20,22,25-26,28-29,35,37,43,45,50-51,55H,6-7,9,11-13,15,17-19,21,23-24,27,30-34,36,38-42,44,46-49H2,1-5H3,(H-,53,56,57,58)/b10-8-,16-14-,22-20-,26-25-,29-28-,37-35+,45-43+. The number of allylic oxidation sites excluding steroid dienone is 13. The first kappa shape index (κ1) is 58.7. The molecule has 0 radical (unpaired) electrons. The topological polar surface area (TPSA) is 108 Å². The molecular formula is C52H93N2O6P. The highest BCUT2D eigenvalue weighted by Crippen LogP contribution is 2.38. The normalized spacial score (nSPS) is 14.9. The summed E-state index contributed by atoms with van der Waals surface area (Å²) in [4.78, 5) is 25.4. The monoisotopic (exact) mass is 873 g/mol. The molecule has 2 N–H and O–H groups in total. The average molecular weight is 873 g/mol. The van der Waals surface area contributed by atoms with Crippen molar-refractivity contribution >= 4 is 13.7 Å². The molecule has 0 aliphatic carbocycles. The fourth-order valence-corrected chi connectivity index (χ4v) is 7.21. The van der Waals surface area contributed by atoms with E-state index in [-0.39, 0.29) is 12.5 Å². The van der Waals surface area contributed by atoms with Gasteiger partial charge in [-0.05, 0) is 77.0 Å². The zero-order valence-corrected chi connectivity index (χ0v) is 40.7. The molecule has 9 heteroatoms. The molecule has 0 aromatic heterocycles. The number of rotatable bonds is 43. The van der Waals surface area contributed by atoms with Crippen LogP contribution in [0.1, 0.15) is 187 Å². The largest absolute Gasteiger partial charge is 0.756 e. The Hall–Kier alpha value is -2.32. The third-order valence-corrected chi connectivity index (χ3v) is 11.3. The third kappa shape index (κ3) is 45.5. The summed E-state index contributed by atoms with van der Waals surface area (Å²) < 4.78 is 23.2. The van der Waals surface area contributed by atoms with E-state index in [0.29, 0.717) is 17.4 Å². The van der Waals surface area contributed by atoms with Crippen LogP contribution in [-0.4, -0.2) is 68.5 Å². The van der Waals surface area contributed by atoms with Crippen LogP contribution in [-0.2, 0) is 18.4 Å². The second-order valence-corrected chi connectivity index (χ2v) is 18.8. The quantitative estimate of drug-likeness (QED) is 0.0273. The van der Waals surface area contributed by atoms with Crippen molar-refractivity contribution < 1.29 is 32.9 Å². The molecule has 0 fully saturated rings. The highest BCUT2D eigenvalue weighted by molar-refractivity contribution is 7.45. The smallest absolute Gasteiger partial charge is 0.268 e. The highest BCUT2D eigenvalue weighted by Gasteiger charge is 2.23. The Morgan fingerprint density at radius 2 is 1.02 bits per heavy atom. The number of hydrogen-bond acceptors (Lipinski definition) is 6. The molecule has 1 amide bonds. The van der Waals surface area contributed by atoms with Crippen LogP contribution in [0.25, 0.3) is 0 Å². The van der Waals surface area contributed by atoms with E-state index in [9.17, 15) is 19.4 Å². The Labute approximate surface area is 376 Å². The molecule has 0 heterocycles. The Bertz CT molecular complexity index is 1260. The third-order valence-electron chi connectivity index (χ3n) is 10.3. The fourth-order valence-electron chi connectivity index (χ4n) is 6.49. The van der Waals surface area contributed by atoms with Gasteiger partial charge < -0.3 is 28.8 Å². The number of unbranched alkanes of at least 4 members (excludes halogenated alkanes) is 18. The van der Waals surface area contributed by atoms with E-state index in [4.69, 9.17) is 9.05 Å². The molecule has 0 saturated heterocycles. The van der Waals surface area contributed by atoms with E-state index >= 15 is 0 Å². The minimum absolute atomic E-state index is 0.0131. The summed E-state index contributed by atoms with van der Waals surface area (Å²) in [5.74, 6) is -0.222. The van der Waals surface area contributed by atoms with Crippen LogP contribution < -0.4 is 10.2 Å². The van der Waals surface area contributed by atoms with Crippen LogP contribution in [0.2, 0.25) is 0 Å². The Kier molecular flexibility index (Phi) is 41.3. The highest BCUT2D eigenvalue weighted by atomic mass is 31.2. The zero-order valence-electron chi connectivity index (χ0n) is 39.8. The van der Waals surface area contributed by atoms with E-state index in [0.717, 1.165) is 83.5 Å². The van der Waals surface area contributed by atoms with Crippen molar-refractivity contribution in [2.75, 3.05) is 40.9 Å². The molecule has 352 valence electrons. The summed E-state index contributed by atoms with van der Waals surface area (Å²) in [5, 5.41) is 13.8. The number of aliphatic hydroxyl groups is 1. The van der Waals surface area contributed by atoms with Gasteiger partial charge in [-0.15, -0.1) is 0 Å². The van der Waals surface area contributed by atoms with E-state index in [1.54, 1.807) is 6.08 Å². The van der Waals surface area contributed by atoms with Crippen LogP contribution in [0.15, 0.2) is 85.1 Å². The van der Waals surface area contributed by atoms with Gasteiger partial charge in [0.2, 0.25) is 5.91 Å². The van der Waals surface area contributed by atoms with Crippen molar-refractivity contribution in [3.05, 3.63) is 85.1 Å². The van der Waals surface area contributed by atoms with E-state index in [1.165, 1.54) is 83.5 Å². The molecule has 3 atom stereocenters. The van der Waals surface area contributed by atoms with Crippen LogP contribution in [0.3, 0.4) is 0 Å². The maximum atomic E-state index is 12.9. The van der Waals surface area contributed by atoms with Crippen LogP contribution in [0.4, 0.5) is 0 Å². The van der Waals surface area contributed by atoms with Gasteiger partial charge in [0.05, 0.1) is 39.9 Å². The molecule has 0 bridgehead atoms. The van der Waals surface area contributed by atoms with Crippen molar-refractivity contribution in [3.63, 3.8) is 0 Å². The van der Waals surface area contributed by atoms with E-state index < -0.39 is 26.6 Å². The fraction of sp³-hybridized carbons (Fsp3) is 0.712. The summed E-state index contributed by atoms with van der Waals surface area (Å²) in [7, 11) is 1.22. The number of likely N-dealkylation sites (N-methyl/N-ethyl adjacent to an activating group) is 1. The Morgan fingerprint density at radius 1 is 0.590 bits per heavy atom. The molecule has 0 saturated carbocycles. The molecule has 0 aliphatic rings. The van der Waals surface area contributed by atoms with Crippen molar-refractivity contribution in [2.24, 2.45) is 0 Å².